The van der Waals surface area contributed by atoms with Crippen molar-refractivity contribution in [3.05, 3.63) is 87.2 Å². The maximum Gasteiger partial charge on any atom is 0.385 e. The third kappa shape index (κ3) is 5.30. The van der Waals surface area contributed by atoms with Crippen molar-refractivity contribution in [2.45, 2.75) is 6.73 Å². The number of hydrogen-bond acceptors (Lipinski definition) is 7. The van der Waals surface area contributed by atoms with Gasteiger partial charge in [0.05, 0.1) is 4.92 Å². The van der Waals surface area contributed by atoms with Crippen LogP contribution in [0.3, 0.4) is 0 Å². The van der Waals surface area contributed by atoms with E-state index in [9.17, 15) is 14.9 Å². The topological polar surface area (TPSA) is 135 Å². The van der Waals surface area contributed by atoms with Gasteiger partial charge in [0.25, 0.3) is 5.69 Å². The first-order valence-electron chi connectivity index (χ1n) is 8.14. The van der Waals surface area contributed by atoms with Gasteiger partial charge in [-0.05, 0) is 36.4 Å². The maximum atomic E-state index is 12.0. The van der Waals surface area contributed by atoms with Gasteiger partial charge in [-0.15, -0.1) is 0 Å². The van der Waals surface area contributed by atoms with Crippen molar-refractivity contribution in [3.8, 4) is 5.75 Å². The van der Waals surface area contributed by atoms with Crippen LogP contribution in [0.2, 0.25) is 5.02 Å². The Bertz CT molecular complexity index is 1060. The van der Waals surface area contributed by atoms with Crippen LogP contribution in [-0.2, 0) is 11.6 Å². The average molecular weight is 416 g/mol. The Morgan fingerprint density at radius 2 is 2.00 bits per heavy atom. The zero-order chi connectivity index (χ0) is 20.8. The number of carbonyl (C=O) groups excluding carboxylic acids is 1. The molecule has 0 fully saturated rings. The number of ether oxygens (including phenoxy) is 1. The minimum atomic E-state index is -0.823. The highest BCUT2D eigenvalue weighted by atomic mass is 35.5. The van der Waals surface area contributed by atoms with Crippen LogP contribution in [0.4, 0.5) is 5.69 Å². The molecule has 0 atom stereocenters. The van der Waals surface area contributed by atoms with Gasteiger partial charge in [-0.2, -0.15) is 5.10 Å². The van der Waals surface area contributed by atoms with E-state index in [2.05, 4.69) is 10.3 Å². The summed E-state index contributed by atoms with van der Waals surface area (Å²) in [6.45, 7) is 0.0574. The van der Waals surface area contributed by atoms with Crippen molar-refractivity contribution >= 4 is 29.1 Å². The highest BCUT2D eigenvalue weighted by Crippen LogP contribution is 2.17. The predicted octanol–water partition coefficient (Wildman–Crippen LogP) is 2.96. The third-order valence-corrected chi connectivity index (χ3v) is 3.85. The molecule has 0 bridgehead atoms. The molecule has 10 nitrogen and oxygen atoms in total. The molecule has 2 aromatic carbocycles. The number of amidine groups is 1. The Kier molecular flexibility index (Phi) is 6.05. The van der Waals surface area contributed by atoms with E-state index < -0.39 is 10.9 Å². The molecule has 0 saturated carbocycles. The number of hydrogen-bond donors (Lipinski definition) is 1. The van der Waals surface area contributed by atoms with E-state index in [-0.39, 0.29) is 23.9 Å². The van der Waals surface area contributed by atoms with E-state index >= 15 is 0 Å². The lowest BCUT2D eigenvalue weighted by Gasteiger charge is -2.06. The van der Waals surface area contributed by atoms with Gasteiger partial charge in [0.2, 0.25) is 0 Å². The lowest BCUT2D eigenvalue weighted by atomic mass is 10.2. The second kappa shape index (κ2) is 8.85. The van der Waals surface area contributed by atoms with Crippen molar-refractivity contribution in [2.75, 3.05) is 0 Å². The van der Waals surface area contributed by atoms with Crippen molar-refractivity contribution in [1.82, 2.24) is 9.78 Å². The summed E-state index contributed by atoms with van der Waals surface area (Å²) in [4.78, 5) is 26.9. The van der Waals surface area contributed by atoms with Crippen LogP contribution < -0.4 is 10.5 Å². The minimum Gasteiger partial charge on any atom is -0.471 e. The van der Waals surface area contributed by atoms with Crippen molar-refractivity contribution < 1.29 is 19.3 Å². The Balaban J connectivity index is 1.58. The highest BCUT2D eigenvalue weighted by molar-refractivity contribution is 6.30. The smallest absolute Gasteiger partial charge is 0.385 e. The summed E-state index contributed by atoms with van der Waals surface area (Å²) in [6.07, 6.45) is 1.53. The number of nitro benzene ring substituents is 1. The number of halogens is 1. The van der Waals surface area contributed by atoms with Crippen LogP contribution >= 0.6 is 11.6 Å². The fourth-order valence-corrected chi connectivity index (χ4v) is 2.36. The van der Waals surface area contributed by atoms with Gasteiger partial charge in [-0.3, -0.25) is 10.1 Å². The molecule has 11 heteroatoms. The fourth-order valence-electron chi connectivity index (χ4n) is 2.18. The molecule has 3 rings (SSSR count). The van der Waals surface area contributed by atoms with Gasteiger partial charge in [-0.1, -0.05) is 22.8 Å². The largest absolute Gasteiger partial charge is 0.471 e. The van der Waals surface area contributed by atoms with Gasteiger partial charge < -0.3 is 15.3 Å². The number of nitrogens with zero attached hydrogens (tertiary/aromatic N) is 4. The number of nitro groups is 1. The molecule has 2 N–H and O–H groups in total. The molecule has 0 aliphatic heterocycles. The lowest BCUT2D eigenvalue weighted by molar-refractivity contribution is -0.384. The Hall–Kier alpha value is -3.92. The Morgan fingerprint density at radius 3 is 2.69 bits per heavy atom. The zero-order valence-corrected chi connectivity index (χ0v) is 15.5. The average Bonchev–Trinajstić information content (AvgIpc) is 3.19. The molecule has 0 spiro atoms. The SMILES string of the molecule is N/C(=N\OC(=O)c1ccn(COc2cccc(Cl)c2)n1)c1ccc([N+](=O)[O-])cc1. The molecule has 0 amide bonds. The zero-order valence-electron chi connectivity index (χ0n) is 14.8. The number of nitrogens with two attached hydrogens (primary N) is 1. The summed E-state index contributed by atoms with van der Waals surface area (Å²) < 4.78 is 6.91. The molecule has 0 saturated heterocycles. The second-order valence-corrected chi connectivity index (χ2v) is 6.07. The van der Waals surface area contributed by atoms with Crippen LogP contribution in [0.1, 0.15) is 16.1 Å². The number of rotatable bonds is 7. The molecule has 0 radical (unpaired) electrons. The first-order valence-corrected chi connectivity index (χ1v) is 8.51. The number of benzene rings is 2. The number of non-ortho nitro benzene ring substituents is 1. The van der Waals surface area contributed by atoms with Gasteiger partial charge in [0.1, 0.15) is 5.75 Å². The molecule has 0 unspecified atom stereocenters. The van der Waals surface area contributed by atoms with E-state index in [4.69, 9.17) is 26.9 Å². The van der Waals surface area contributed by atoms with E-state index in [0.717, 1.165) is 0 Å². The number of oxime groups is 1. The van der Waals surface area contributed by atoms with E-state index in [0.29, 0.717) is 16.3 Å². The summed E-state index contributed by atoms with van der Waals surface area (Å²) in [5.41, 5.74) is 5.99. The van der Waals surface area contributed by atoms with E-state index in [1.807, 2.05) is 0 Å². The third-order valence-electron chi connectivity index (χ3n) is 3.61. The van der Waals surface area contributed by atoms with Gasteiger partial charge in [0, 0.05) is 28.9 Å². The number of carbonyl (C=O) groups is 1. The standard InChI is InChI=1S/C18H14ClN5O5/c19-13-2-1-3-15(10-13)28-11-23-9-8-16(21-23)18(25)29-22-17(20)12-4-6-14(7-5-12)24(26)27/h1-10H,11H2,(H2,20,22). The van der Waals surface area contributed by atoms with Crippen molar-refractivity contribution in [3.63, 3.8) is 0 Å². The van der Waals surface area contributed by atoms with Crippen molar-refractivity contribution in [2.24, 2.45) is 10.9 Å². The van der Waals surface area contributed by atoms with Crippen molar-refractivity contribution in [1.29, 1.82) is 0 Å². The maximum absolute atomic E-state index is 12.0. The van der Waals surface area contributed by atoms with Crippen LogP contribution in [0.5, 0.6) is 5.75 Å². The second-order valence-electron chi connectivity index (χ2n) is 5.63. The molecule has 3 aromatic rings. The molecule has 1 heterocycles. The quantitative estimate of drug-likeness (QED) is 0.206. The summed E-state index contributed by atoms with van der Waals surface area (Å²) in [5.74, 6) is -0.383. The highest BCUT2D eigenvalue weighted by Gasteiger charge is 2.13. The summed E-state index contributed by atoms with van der Waals surface area (Å²) in [5, 5.41) is 18.8. The first kappa shape index (κ1) is 19.8. The lowest BCUT2D eigenvalue weighted by Crippen LogP contribution is -2.15. The van der Waals surface area contributed by atoms with Crippen LogP contribution in [-0.4, -0.2) is 26.5 Å². The molecular formula is C18H14ClN5O5. The summed E-state index contributed by atoms with van der Waals surface area (Å²) in [6, 6.07) is 13.6. The predicted molar refractivity (Wildman–Crippen MR) is 104 cm³/mol. The van der Waals surface area contributed by atoms with E-state index in [1.54, 1.807) is 24.3 Å². The minimum absolute atomic E-state index is 0.0000522. The molecule has 29 heavy (non-hydrogen) atoms. The Labute approximate surface area is 169 Å². The monoisotopic (exact) mass is 415 g/mol. The Morgan fingerprint density at radius 1 is 1.24 bits per heavy atom. The molecular weight excluding hydrogens is 402 g/mol. The van der Waals surface area contributed by atoms with Gasteiger partial charge >= 0.3 is 5.97 Å². The molecule has 1 aromatic heterocycles. The van der Waals surface area contributed by atoms with Crippen LogP contribution in [0, 0.1) is 10.1 Å². The van der Waals surface area contributed by atoms with Gasteiger partial charge in [0.15, 0.2) is 18.3 Å². The molecule has 0 aliphatic carbocycles. The summed E-state index contributed by atoms with van der Waals surface area (Å²) in [7, 11) is 0. The van der Waals surface area contributed by atoms with Crippen LogP contribution in [0.15, 0.2) is 65.9 Å². The summed E-state index contributed by atoms with van der Waals surface area (Å²) >= 11 is 5.88. The van der Waals surface area contributed by atoms with Gasteiger partial charge in [-0.25, -0.2) is 9.48 Å². The molecule has 0 aliphatic rings. The normalized spacial score (nSPS) is 11.1. The van der Waals surface area contributed by atoms with E-state index in [1.165, 1.54) is 41.2 Å². The fraction of sp³-hybridized carbons (Fsp3) is 0.0556. The van der Waals surface area contributed by atoms with Crippen LogP contribution in [0.25, 0.3) is 0 Å². The number of aromatic nitrogens is 2. The first-order chi connectivity index (χ1) is 13.9. The molecule has 148 valence electrons.